The van der Waals surface area contributed by atoms with E-state index in [1.807, 2.05) is 0 Å². The molecule has 0 radical (unpaired) electrons. The molecule has 6 nitrogen and oxygen atoms in total. The standard InChI is InChI=1S/C20H20FNO5/c1-10(20(26)27-9-15(23)11-4-6-14(21)7-5-11)22-18(24)16-12-2-3-13(8-12)17(16)19(22)25/h4-7,10,12-13,16-17H,2-3,8-9H2,1H3/t10-,12+,13+,16+,17+/m1/s1. The first-order valence-corrected chi connectivity index (χ1v) is 9.20. The average molecular weight is 373 g/mol. The minimum Gasteiger partial charge on any atom is -0.456 e. The Bertz CT molecular complexity index is 792. The van der Waals surface area contributed by atoms with Gasteiger partial charge in [-0.1, -0.05) is 0 Å². The van der Waals surface area contributed by atoms with Crippen molar-refractivity contribution in [3.8, 4) is 0 Å². The highest BCUT2D eigenvalue weighted by molar-refractivity contribution is 6.08. The Balaban J connectivity index is 1.39. The average Bonchev–Trinajstić information content (AvgIpc) is 3.33. The summed E-state index contributed by atoms with van der Waals surface area (Å²) < 4.78 is 17.9. The highest BCUT2D eigenvalue weighted by Crippen LogP contribution is 2.56. The molecule has 142 valence electrons. The number of hydrogen-bond acceptors (Lipinski definition) is 5. The third-order valence-electron chi connectivity index (χ3n) is 6.20. The number of fused-ring (bicyclic) bond motifs is 5. The van der Waals surface area contributed by atoms with Crippen molar-refractivity contribution in [3.63, 3.8) is 0 Å². The Morgan fingerprint density at radius 2 is 1.67 bits per heavy atom. The van der Waals surface area contributed by atoms with Crippen molar-refractivity contribution < 1.29 is 28.3 Å². The summed E-state index contributed by atoms with van der Waals surface area (Å²) in [6, 6.07) is 3.84. The number of imide groups is 1. The number of carbonyl (C=O) groups is 4. The lowest BCUT2D eigenvalue weighted by Gasteiger charge is -2.22. The van der Waals surface area contributed by atoms with E-state index in [2.05, 4.69) is 0 Å². The molecule has 0 unspecified atom stereocenters. The molecule has 2 bridgehead atoms. The van der Waals surface area contributed by atoms with Crippen molar-refractivity contribution in [2.24, 2.45) is 23.7 Å². The van der Waals surface area contributed by atoms with Gasteiger partial charge in [-0.2, -0.15) is 0 Å². The number of Topliss-reactive ketones (excluding diaryl/α,β-unsaturated/α-hetero) is 1. The van der Waals surface area contributed by atoms with Gasteiger partial charge in [0.15, 0.2) is 12.4 Å². The van der Waals surface area contributed by atoms with Gasteiger partial charge in [-0.05, 0) is 62.3 Å². The van der Waals surface area contributed by atoms with Crippen LogP contribution >= 0.6 is 0 Å². The van der Waals surface area contributed by atoms with Crippen LogP contribution in [0.5, 0.6) is 0 Å². The van der Waals surface area contributed by atoms with E-state index < -0.39 is 30.2 Å². The van der Waals surface area contributed by atoms with Crippen molar-refractivity contribution in [1.82, 2.24) is 4.90 Å². The van der Waals surface area contributed by atoms with Crippen LogP contribution in [0.1, 0.15) is 36.5 Å². The minimum atomic E-state index is -1.06. The molecule has 27 heavy (non-hydrogen) atoms. The molecule has 2 saturated carbocycles. The zero-order chi connectivity index (χ0) is 19.3. The summed E-state index contributed by atoms with van der Waals surface area (Å²) >= 11 is 0. The Labute approximate surface area is 155 Å². The molecule has 0 spiro atoms. The second-order valence-corrected chi connectivity index (χ2v) is 7.65. The van der Waals surface area contributed by atoms with Crippen LogP contribution in [0.3, 0.4) is 0 Å². The molecule has 0 N–H and O–H groups in total. The number of benzene rings is 1. The molecule has 0 aromatic heterocycles. The first kappa shape index (κ1) is 17.8. The fraction of sp³-hybridized carbons (Fsp3) is 0.500. The van der Waals surface area contributed by atoms with E-state index in [4.69, 9.17) is 4.74 Å². The number of nitrogens with zero attached hydrogens (tertiary/aromatic N) is 1. The van der Waals surface area contributed by atoms with Crippen LogP contribution in [-0.2, 0) is 19.1 Å². The van der Waals surface area contributed by atoms with Gasteiger partial charge in [-0.3, -0.25) is 19.3 Å². The normalized spacial score (nSPS) is 29.8. The smallest absolute Gasteiger partial charge is 0.329 e. The quantitative estimate of drug-likeness (QED) is 0.448. The first-order valence-electron chi connectivity index (χ1n) is 9.20. The molecular weight excluding hydrogens is 353 g/mol. The minimum absolute atomic E-state index is 0.219. The first-order chi connectivity index (χ1) is 12.9. The van der Waals surface area contributed by atoms with Gasteiger partial charge in [0.25, 0.3) is 0 Å². The third-order valence-corrected chi connectivity index (χ3v) is 6.20. The third kappa shape index (κ3) is 2.85. The Morgan fingerprint density at radius 3 is 2.22 bits per heavy atom. The molecule has 1 heterocycles. The van der Waals surface area contributed by atoms with E-state index in [0.29, 0.717) is 0 Å². The van der Waals surface area contributed by atoms with Crippen LogP contribution < -0.4 is 0 Å². The fourth-order valence-electron chi connectivity index (χ4n) is 4.90. The summed E-state index contributed by atoms with van der Waals surface area (Å²) in [6.45, 7) is 0.923. The second-order valence-electron chi connectivity index (χ2n) is 7.65. The van der Waals surface area contributed by atoms with Crippen molar-refractivity contribution >= 4 is 23.6 Å². The van der Waals surface area contributed by atoms with Crippen LogP contribution in [0.2, 0.25) is 0 Å². The molecule has 1 aliphatic heterocycles. The number of carbonyl (C=O) groups excluding carboxylic acids is 4. The number of rotatable bonds is 5. The highest BCUT2D eigenvalue weighted by atomic mass is 19.1. The van der Waals surface area contributed by atoms with Crippen LogP contribution in [0.4, 0.5) is 4.39 Å². The predicted octanol–water partition coefficient (Wildman–Crippen LogP) is 1.97. The van der Waals surface area contributed by atoms with E-state index in [1.165, 1.54) is 19.1 Å². The van der Waals surface area contributed by atoms with E-state index in [1.54, 1.807) is 0 Å². The van der Waals surface area contributed by atoms with Crippen molar-refractivity contribution in [3.05, 3.63) is 35.6 Å². The van der Waals surface area contributed by atoms with E-state index in [0.717, 1.165) is 36.3 Å². The lowest BCUT2D eigenvalue weighted by Crippen LogP contribution is -2.45. The number of esters is 1. The Morgan fingerprint density at radius 1 is 1.11 bits per heavy atom. The summed E-state index contributed by atoms with van der Waals surface area (Å²) in [5.41, 5.74) is 0.219. The van der Waals surface area contributed by atoms with Crippen molar-refractivity contribution in [2.45, 2.75) is 32.2 Å². The number of ether oxygens (including phenoxy) is 1. The molecule has 2 aliphatic carbocycles. The van der Waals surface area contributed by atoms with Gasteiger partial charge in [0, 0.05) is 5.56 Å². The molecule has 1 aromatic rings. The molecule has 1 aromatic carbocycles. The maximum absolute atomic E-state index is 12.9. The van der Waals surface area contributed by atoms with Gasteiger partial charge in [0.1, 0.15) is 11.9 Å². The predicted molar refractivity (Wildman–Crippen MR) is 90.8 cm³/mol. The largest absolute Gasteiger partial charge is 0.456 e. The van der Waals surface area contributed by atoms with Gasteiger partial charge < -0.3 is 4.74 Å². The molecular formula is C20H20FNO5. The van der Waals surface area contributed by atoms with Gasteiger partial charge >= 0.3 is 5.97 Å². The molecule has 4 rings (SSSR count). The topological polar surface area (TPSA) is 80.8 Å². The Kier molecular flexibility index (Phi) is 4.32. The lowest BCUT2D eigenvalue weighted by atomic mass is 9.81. The highest BCUT2D eigenvalue weighted by Gasteiger charge is 2.62. The van der Waals surface area contributed by atoms with Gasteiger partial charge in [0.05, 0.1) is 11.8 Å². The zero-order valence-electron chi connectivity index (χ0n) is 14.9. The maximum atomic E-state index is 12.9. The van der Waals surface area contributed by atoms with Gasteiger partial charge in [-0.15, -0.1) is 0 Å². The summed E-state index contributed by atoms with van der Waals surface area (Å²) in [5.74, 6) is -2.43. The molecule has 5 atom stereocenters. The number of likely N-dealkylation sites (tertiary alicyclic amines) is 1. The molecule has 3 aliphatic rings. The SMILES string of the molecule is C[C@H](C(=O)OCC(=O)c1ccc(F)cc1)N1C(=O)[C@H]2[C@H]3CC[C@@H](C3)[C@@H]2C1=O. The van der Waals surface area contributed by atoms with E-state index >= 15 is 0 Å². The molecule has 2 amide bonds. The molecule has 7 heteroatoms. The van der Waals surface area contributed by atoms with Crippen LogP contribution in [-0.4, -0.2) is 41.1 Å². The number of ketones is 1. The monoisotopic (exact) mass is 373 g/mol. The summed E-state index contributed by atoms with van der Waals surface area (Å²) in [4.78, 5) is 50.8. The molecule has 1 saturated heterocycles. The second kappa shape index (κ2) is 6.55. The van der Waals surface area contributed by atoms with E-state index in [9.17, 15) is 23.6 Å². The van der Waals surface area contributed by atoms with Crippen LogP contribution in [0.15, 0.2) is 24.3 Å². The number of halogens is 1. The summed E-state index contributed by atoms with van der Waals surface area (Å²) in [5, 5.41) is 0. The van der Waals surface area contributed by atoms with Crippen molar-refractivity contribution in [2.75, 3.05) is 6.61 Å². The van der Waals surface area contributed by atoms with Gasteiger partial charge in [-0.25, -0.2) is 9.18 Å². The van der Waals surface area contributed by atoms with Crippen LogP contribution in [0, 0.1) is 29.5 Å². The number of hydrogen-bond donors (Lipinski definition) is 0. The van der Waals surface area contributed by atoms with E-state index in [-0.39, 0.29) is 41.0 Å². The lowest BCUT2D eigenvalue weighted by molar-refractivity contribution is -0.157. The van der Waals surface area contributed by atoms with Crippen LogP contribution in [0.25, 0.3) is 0 Å². The van der Waals surface area contributed by atoms with Gasteiger partial charge in [0.2, 0.25) is 11.8 Å². The maximum Gasteiger partial charge on any atom is 0.329 e. The van der Waals surface area contributed by atoms with Crippen molar-refractivity contribution in [1.29, 1.82) is 0 Å². The number of amides is 2. The fourth-order valence-corrected chi connectivity index (χ4v) is 4.90. The molecule has 3 fully saturated rings. The zero-order valence-corrected chi connectivity index (χ0v) is 14.9. The Hall–Kier alpha value is -2.57. The summed E-state index contributed by atoms with van der Waals surface area (Å²) in [6.07, 6.45) is 2.85. The summed E-state index contributed by atoms with van der Waals surface area (Å²) in [7, 11) is 0.